The standard InChI is InChI=1S/C13H16BrNO5/c1-3-9(12(15)16)20-11-8(14)5-7(13(17)18)6-10(11)19-4-2/h5-6,9H,3-4H2,1-2H3,(H2,15,16)(H,17,18). The summed E-state index contributed by atoms with van der Waals surface area (Å²) in [5.41, 5.74) is 5.29. The van der Waals surface area contributed by atoms with Crippen LogP contribution in [-0.4, -0.2) is 29.7 Å². The molecule has 3 N–H and O–H groups in total. The van der Waals surface area contributed by atoms with E-state index in [1.807, 2.05) is 0 Å². The summed E-state index contributed by atoms with van der Waals surface area (Å²) in [5.74, 6) is -1.16. The number of carbonyl (C=O) groups excluding carboxylic acids is 1. The second-order valence-electron chi connectivity index (χ2n) is 3.94. The van der Waals surface area contributed by atoms with Gasteiger partial charge in [0.15, 0.2) is 17.6 Å². The van der Waals surface area contributed by atoms with Crippen LogP contribution in [0.4, 0.5) is 0 Å². The van der Waals surface area contributed by atoms with Gasteiger partial charge in [-0.1, -0.05) is 6.92 Å². The first kappa shape index (κ1) is 16.3. The van der Waals surface area contributed by atoms with Crippen LogP contribution in [0, 0.1) is 0 Å². The first-order valence-electron chi connectivity index (χ1n) is 6.06. The van der Waals surface area contributed by atoms with E-state index in [-0.39, 0.29) is 17.1 Å². The van der Waals surface area contributed by atoms with E-state index in [0.29, 0.717) is 17.5 Å². The summed E-state index contributed by atoms with van der Waals surface area (Å²) in [7, 11) is 0. The van der Waals surface area contributed by atoms with Gasteiger partial charge in [0.05, 0.1) is 16.6 Å². The molecule has 0 spiro atoms. The summed E-state index contributed by atoms with van der Waals surface area (Å²) in [5, 5.41) is 9.02. The number of benzene rings is 1. The molecule has 1 atom stereocenters. The lowest BCUT2D eigenvalue weighted by Crippen LogP contribution is -2.33. The fraction of sp³-hybridized carbons (Fsp3) is 0.385. The third-order valence-corrected chi connectivity index (χ3v) is 3.09. The first-order valence-corrected chi connectivity index (χ1v) is 6.85. The molecule has 0 bridgehead atoms. The van der Waals surface area contributed by atoms with Crippen LogP contribution in [0.5, 0.6) is 11.5 Å². The molecule has 0 saturated carbocycles. The van der Waals surface area contributed by atoms with E-state index in [2.05, 4.69) is 15.9 Å². The highest BCUT2D eigenvalue weighted by molar-refractivity contribution is 9.10. The van der Waals surface area contributed by atoms with Crippen LogP contribution >= 0.6 is 15.9 Å². The Labute approximate surface area is 125 Å². The Balaban J connectivity index is 3.22. The van der Waals surface area contributed by atoms with Crippen LogP contribution in [0.3, 0.4) is 0 Å². The van der Waals surface area contributed by atoms with E-state index in [4.69, 9.17) is 20.3 Å². The maximum Gasteiger partial charge on any atom is 0.335 e. The number of hydrogen-bond acceptors (Lipinski definition) is 4. The monoisotopic (exact) mass is 345 g/mol. The van der Waals surface area contributed by atoms with E-state index in [0.717, 1.165) is 0 Å². The van der Waals surface area contributed by atoms with Gasteiger partial charge in [-0.25, -0.2) is 4.79 Å². The molecule has 1 rings (SSSR count). The van der Waals surface area contributed by atoms with Crippen LogP contribution in [0.15, 0.2) is 16.6 Å². The van der Waals surface area contributed by atoms with Crippen molar-refractivity contribution in [2.45, 2.75) is 26.4 Å². The van der Waals surface area contributed by atoms with Gasteiger partial charge in [-0.2, -0.15) is 0 Å². The summed E-state index contributed by atoms with van der Waals surface area (Å²) >= 11 is 3.22. The van der Waals surface area contributed by atoms with Crippen molar-refractivity contribution in [3.05, 3.63) is 22.2 Å². The number of carboxylic acids is 1. The minimum Gasteiger partial charge on any atom is -0.490 e. The molecule has 0 aliphatic heterocycles. The molecule has 0 radical (unpaired) electrons. The number of carbonyl (C=O) groups is 2. The molecule has 0 fully saturated rings. The highest BCUT2D eigenvalue weighted by atomic mass is 79.9. The van der Waals surface area contributed by atoms with Crippen molar-refractivity contribution >= 4 is 27.8 Å². The van der Waals surface area contributed by atoms with Gasteiger partial charge in [-0.3, -0.25) is 4.79 Å². The van der Waals surface area contributed by atoms with Crippen molar-refractivity contribution in [1.29, 1.82) is 0 Å². The molecular formula is C13H16BrNO5. The molecule has 7 heteroatoms. The summed E-state index contributed by atoms with van der Waals surface area (Å²) in [6.45, 7) is 3.85. The highest BCUT2D eigenvalue weighted by Crippen LogP contribution is 2.37. The molecule has 0 aromatic heterocycles. The van der Waals surface area contributed by atoms with E-state index < -0.39 is 18.0 Å². The number of nitrogens with two attached hydrogens (primary N) is 1. The van der Waals surface area contributed by atoms with Gasteiger partial charge in [0.2, 0.25) is 0 Å². The van der Waals surface area contributed by atoms with Crippen LogP contribution in [0.1, 0.15) is 30.6 Å². The second kappa shape index (κ2) is 7.14. The van der Waals surface area contributed by atoms with Gasteiger partial charge >= 0.3 is 5.97 Å². The van der Waals surface area contributed by atoms with Crippen LogP contribution in [-0.2, 0) is 4.79 Å². The first-order chi connectivity index (χ1) is 9.40. The SMILES string of the molecule is CCOc1cc(C(=O)O)cc(Br)c1OC(CC)C(N)=O. The molecule has 1 amide bonds. The lowest BCUT2D eigenvalue weighted by atomic mass is 10.2. The van der Waals surface area contributed by atoms with Crippen molar-refractivity contribution in [3.8, 4) is 11.5 Å². The Bertz CT molecular complexity index is 518. The van der Waals surface area contributed by atoms with E-state index in [1.54, 1.807) is 13.8 Å². The highest BCUT2D eigenvalue weighted by Gasteiger charge is 2.21. The number of hydrogen-bond donors (Lipinski definition) is 2. The Morgan fingerprint density at radius 3 is 2.50 bits per heavy atom. The molecule has 20 heavy (non-hydrogen) atoms. The smallest absolute Gasteiger partial charge is 0.335 e. The minimum atomic E-state index is -1.08. The molecule has 0 aliphatic carbocycles. The van der Waals surface area contributed by atoms with Gasteiger partial charge in [-0.05, 0) is 41.4 Å². The topological polar surface area (TPSA) is 98.8 Å². The molecule has 6 nitrogen and oxygen atoms in total. The summed E-state index contributed by atoms with van der Waals surface area (Å²) in [4.78, 5) is 22.3. The van der Waals surface area contributed by atoms with Gasteiger partial charge in [0.25, 0.3) is 5.91 Å². The molecule has 0 aliphatic rings. The Morgan fingerprint density at radius 1 is 1.40 bits per heavy atom. The van der Waals surface area contributed by atoms with Crippen molar-refractivity contribution in [3.63, 3.8) is 0 Å². The predicted octanol–water partition coefficient (Wildman–Crippen LogP) is 2.19. The minimum absolute atomic E-state index is 0.0554. The van der Waals surface area contributed by atoms with E-state index >= 15 is 0 Å². The normalized spacial score (nSPS) is 11.8. The number of rotatable bonds is 7. The lowest BCUT2D eigenvalue weighted by molar-refractivity contribution is -0.124. The number of primary amides is 1. The van der Waals surface area contributed by atoms with Gasteiger partial charge in [0, 0.05) is 0 Å². The van der Waals surface area contributed by atoms with Crippen molar-refractivity contribution in [2.75, 3.05) is 6.61 Å². The third-order valence-electron chi connectivity index (χ3n) is 2.50. The van der Waals surface area contributed by atoms with E-state index in [1.165, 1.54) is 12.1 Å². The van der Waals surface area contributed by atoms with Gasteiger partial charge in [0.1, 0.15) is 0 Å². The number of aromatic carboxylic acids is 1. The molecule has 0 saturated heterocycles. The molecular weight excluding hydrogens is 330 g/mol. The second-order valence-corrected chi connectivity index (χ2v) is 4.79. The van der Waals surface area contributed by atoms with Crippen molar-refractivity contribution in [2.24, 2.45) is 5.73 Å². The predicted molar refractivity (Wildman–Crippen MR) is 76.2 cm³/mol. The maximum atomic E-state index is 11.2. The molecule has 0 heterocycles. The number of amides is 1. The zero-order valence-electron chi connectivity index (χ0n) is 11.2. The van der Waals surface area contributed by atoms with Crippen LogP contribution in [0.25, 0.3) is 0 Å². The average Bonchev–Trinajstić information content (AvgIpc) is 2.37. The third kappa shape index (κ3) is 3.86. The Morgan fingerprint density at radius 2 is 2.05 bits per heavy atom. The number of carboxylic acid groups (broad SMARTS) is 1. The van der Waals surface area contributed by atoms with Gasteiger partial charge in [-0.15, -0.1) is 0 Å². The zero-order chi connectivity index (χ0) is 15.3. The zero-order valence-corrected chi connectivity index (χ0v) is 12.8. The average molecular weight is 346 g/mol. The summed E-state index contributed by atoms with van der Waals surface area (Å²) < 4.78 is 11.3. The molecule has 1 aromatic rings. The summed E-state index contributed by atoms with van der Waals surface area (Å²) in [6, 6.07) is 2.73. The number of ether oxygens (including phenoxy) is 2. The van der Waals surface area contributed by atoms with E-state index in [9.17, 15) is 9.59 Å². The molecule has 1 unspecified atom stereocenters. The fourth-order valence-corrected chi connectivity index (χ4v) is 2.09. The summed E-state index contributed by atoms with van der Waals surface area (Å²) in [6.07, 6.45) is -0.408. The number of halogens is 1. The Hall–Kier alpha value is -1.76. The van der Waals surface area contributed by atoms with Crippen molar-refractivity contribution in [1.82, 2.24) is 0 Å². The van der Waals surface area contributed by atoms with Crippen LogP contribution < -0.4 is 15.2 Å². The largest absolute Gasteiger partial charge is 0.490 e. The molecule has 110 valence electrons. The van der Waals surface area contributed by atoms with Crippen LogP contribution in [0.2, 0.25) is 0 Å². The Kier molecular flexibility index (Phi) is 5.82. The van der Waals surface area contributed by atoms with Crippen molar-refractivity contribution < 1.29 is 24.2 Å². The van der Waals surface area contributed by atoms with Gasteiger partial charge < -0.3 is 20.3 Å². The fourth-order valence-electron chi connectivity index (χ4n) is 1.55. The maximum absolute atomic E-state index is 11.2. The quantitative estimate of drug-likeness (QED) is 0.789. The molecule has 1 aromatic carbocycles. The lowest BCUT2D eigenvalue weighted by Gasteiger charge is -2.18.